The van der Waals surface area contributed by atoms with Crippen LogP contribution in [-0.2, 0) is 4.79 Å². The van der Waals surface area contributed by atoms with E-state index in [0.29, 0.717) is 12.8 Å². The van der Waals surface area contributed by atoms with Crippen molar-refractivity contribution < 1.29 is 4.79 Å². The topological polar surface area (TPSA) is 40.9 Å². The highest BCUT2D eigenvalue weighted by Gasteiger charge is 1.78. The van der Waals surface area contributed by atoms with Crippen LogP contribution in [-0.4, -0.2) is 6.29 Å². The summed E-state index contributed by atoms with van der Waals surface area (Å²) in [5.41, 5.74) is 0. The maximum absolute atomic E-state index is 9.81. The molecule has 0 aliphatic rings. The molecule has 0 N–H and O–H groups in total. The van der Waals surface area contributed by atoms with Crippen molar-refractivity contribution in [3.8, 4) is 6.07 Å². The van der Waals surface area contributed by atoms with Crippen LogP contribution in [0.2, 0.25) is 0 Å². The molecule has 0 fully saturated rings. The zero-order valence-electron chi connectivity index (χ0n) is 5.92. The molecule has 0 amide bonds. The second-order valence-corrected chi connectivity index (χ2v) is 1.91. The van der Waals surface area contributed by atoms with Gasteiger partial charge in [0.05, 0.1) is 6.07 Å². The number of nitrogens with zero attached hydrogens (tertiary/aromatic N) is 1. The molecule has 2 nitrogen and oxygen atoms in total. The van der Waals surface area contributed by atoms with E-state index >= 15 is 0 Å². The molecule has 0 saturated carbocycles. The summed E-state index contributed by atoms with van der Waals surface area (Å²) in [7, 11) is 0. The number of hydrogen-bond acceptors (Lipinski definition) is 2. The van der Waals surface area contributed by atoms with Gasteiger partial charge in [0.25, 0.3) is 0 Å². The van der Waals surface area contributed by atoms with Gasteiger partial charge in [-0.05, 0) is 12.8 Å². The first-order chi connectivity index (χ1) is 4.91. The molecule has 2 heteroatoms. The molecular weight excluding hydrogens is 126 g/mol. The molecular formula is C8H11NO. The van der Waals surface area contributed by atoms with E-state index in [1.54, 1.807) is 0 Å². The molecule has 54 valence electrons. The van der Waals surface area contributed by atoms with Gasteiger partial charge in [0, 0.05) is 12.8 Å². The smallest absolute Gasteiger partial charge is 0.120 e. The van der Waals surface area contributed by atoms with E-state index in [-0.39, 0.29) is 0 Å². The molecule has 0 bridgehead atoms. The van der Waals surface area contributed by atoms with E-state index in [4.69, 9.17) is 5.26 Å². The molecule has 0 radical (unpaired) electrons. The summed E-state index contributed by atoms with van der Waals surface area (Å²) in [5.74, 6) is 0. The summed E-state index contributed by atoms with van der Waals surface area (Å²) in [4.78, 5) is 9.81. The van der Waals surface area contributed by atoms with Gasteiger partial charge in [0.1, 0.15) is 6.29 Å². The second kappa shape index (κ2) is 7.90. The highest BCUT2D eigenvalue weighted by atomic mass is 16.1. The van der Waals surface area contributed by atoms with E-state index in [1.807, 2.05) is 18.2 Å². The van der Waals surface area contributed by atoms with Crippen molar-refractivity contribution in [3.05, 3.63) is 12.2 Å². The van der Waals surface area contributed by atoms with Gasteiger partial charge in [-0.1, -0.05) is 12.2 Å². The van der Waals surface area contributed by atoms with E-state index < -0.39 is 0 Å². The Bertz CT molecular complexity index is 144. The number of unbranched alkanes of at least 4 members (excludes halogenated alkanes) is 2. The molecule has 0 aromatic carbocycles. The third kappa shape index (κ3) is 6.90. The molecule has 0 aromatic rings. The first-order valence-corrected chi connectivity index (χ1v) is 3.37. The van der Waals surface area contributed by atoms with Crippen LogP contribution in [0.4, 0.5) is 0 Å². The van der Waals surface area contributed by atoms with Gasteiger partial charge >= 0.3 is 0 Å². The van der Waals surface area contributed by atoms with Crippen molar-refractivity contribution in [1.82, 2.24) is 0 Å². The third-order valence-electron chi connectivity index (χ3n) is 1.04. The first kappa shape index (κ1) is 8.90. The van der Waals surface area contributed by atoms with Crippen molar-refractivity contribution >= 4 is 6.29 Å². The van der Waals surface area contributed by atoms with Crippen molar-refractivity contribution in [2.75, 3.05) is 0 Å². The Labute approximate surface area is 61.2 Å². The Morgan fingerprint density at radius 3 is 2.50 bits per heavy atom. The fourth-order valence-electron chi connectivity index (χ4n) is 0.548. The number of nitriles is 1. The molecule has 0 saturated heterocycles. The Morgan fingerprint density at radius 1 is 1.20 bits per heavy atom. The van der Waals surface area contributed by atoms with Crippen LogP contribution < -0.4 is 0 Å². The van der Waals surface area contributed by atoms with Gasteiger partial charge in [-0.15, -0.1) is 0 Å². The first-order valence-electron chi connectivity index (χ1n) is 3.37. The molecule has 0 spiro atoms. The summed E-state index contributed by atoms with van der Waals surface area (Å²) < 4.78 is 0. The van der Waals surface area contributed by atoms with Crippen molar-refractivity contribution in [2.45, 2.75) is 25.7 Å². The number of aldehydes is 1. The van der Waals surface area contributed by atoms with Crippen molar-refractivity contribution in [1.29, 1.82) is 5.26 Å². The minimum absolute atomic E-state index is 0.567. The number of hydrogen-bond donors (Lipinski definition) is 0. The zero-order chi connectivity index (χ0) is 7.66. The summed E-state index contributed by atoms with van der Waals surface area (Å²) >= 11 is 0. The average molecular weight is 137 g/mol. The SMILES string of the molecule is N#CCCC=CCCC=O. The van der Waals surface area contributed by atoms with Gasteiger partial charge in [-0.3, -0.25) is 0 Å². The van der Waals surface area contributed by atoms with Crippen LogP contribution in [0.25, 0.3) is 0 Å². The lowest BCUT2D eigenvalue weighted by Crippen LogP contribution is -1.70. The number of carbonyl (C=O) groups is 1. The van der Waals surface area contributed by atoms with Gasteiger partial charge in [-0.25, -0.2) is 0 Å². The molecule has 0 rings (SSSR count). The Morgan fingerprint density at radius 2 is 1.90 bits per heavy atom. The van der Waals surface area contributed by atoms with Crippen LogP contribution >= 0.6 is 0 Å². The summed E-state index contributed by atoms with van der Waals surface area (Å²) in [6.07, 6.45) is 7.53. The predicted molar refractivity (Wildman–Crippen MR) is 39.3 cm³/mol. The molecule has 0 atom stereocenters. The lowest BCUT2D eigenvalue weighted by atomic mass is 10.2. The molecule has 10 heavy (non-hydrogen) atoms. The average Bonchev–Trinajstić information content (AvgIpc) is 1.97. The molecule has 0 unspecified atom stereocenters. The lowest BCUT2D eigenvalue weighted by Gasteiger charge is -1.82. The Balaban J connectivity index is 3.05. The third-order valence-corrected chi connectivity index (χ3v) is 1.04. The minimum atomic E-state index is 0.567. The predicted octanol–water partition coefficient (Wildman–Crippen LogP) is 1.83. The fraction of sp³-hybridized carbons (Fsp3) is 0.500. The lowest BCUT2D eigenvalue weighted by molar-refractivity contribution is -0.107. The number of allylic oxidation sites excluding steroid dienone is 2. The monoisotopic (exact) mass is 137 g/mol. The summed E-state index contributed by atoms with van der Waals surface area (Å²) in [6.45, 7) is 0. The Kier molecular flexibility index (Phi) is 7.03. The van der Waals surface area contributed by atoms with Gasteiger partial charge in [0.15, 0.2) is 0 Å². The maximum atomic E-state index is 9.81. The van der Waals surface area contributed by atoms with Crippen molar-refractivity contribution in [2.24, 2.45) is 0 Å². The van der Waals surface area contributed by atoms with Crippen LogP contribution in [0.15, 0.2) is 12.2 Å². The van der Waals surface area contributed by atoms with Crippen molar-refractivity contribution in [3.63, 3.8) is 0 Å². The molecule has 0 aromatic heterocycles. The quantitative estimate of drug-likeness (QED) is 0.329. The second-order valence-electron chi connectivity index (χ2n) is 1.91. The van der Waals surface area contributed by atoms with Gasteiger partial charge < -0.3 is 4.79 Å². The van der Waals surface area contributed by atoms with Gasteiger partial charge in [0.2, 0.25) is 0 Å². The maximum Gasteiger partial charge on any atom is 0.120 e. The summed E-state index contributed by atoms with van der Waals surface area (Å²) in [5, 5.41) is 8.13. The summed E-state index contributed by atoms with van der Waals surface area (Å²) in [6, 6.07) is 2.04. The zero-order valence-corrected chi connectivity index (χ0v) is 5.92. The van der Waals surface area contributed by atoms with E-state index in [2.05, 4.69) is 0 Å². The normalized spacial score (nSPS) is 9.50. The molecule has 0 aliphatic carbocycles. The van der Waals surface area contributed by atoms with E-state index in [1.165, 1.54) is 0 Å². The largest absolute Gasteiger partial charge is 0.303 e. The van der Waals surface area contributed by atoms with Crippen LogP contribution in [0.3, 0.4) is 0 Å². The number of rotatable bonds is 5. The highest BCUT2D eigenvalue weighted by Crippen LogP contribution is 1.92. The highest BCUT2D eigenvalue weighted by molar-refractivity contribution is 5.49. The molecule has 0 aliphatic heterocycles. The Hall–Kier alpha value is -1.10. The minimum Gasteiger partial charge on any atom is -0.303 e. The van der Waals surface area contributed by atoms with E-state index in [9.17, 15) is 4.79 Å². The van der Waals surface area contributed by atoms with Gasteiger partial charge in [-0.2, -0.15) is 5.26 Å². The molecule has 0 heterocycles. The van der Waals surface area contributed by atoms with Crippen LogP contribution in [0.1, 0.15) is 25.7 Å². The standard InChI is InChI=1S/C8H11NO/c9-7-5-3-1-2-4-6-8-10/h1-2,8H,3-6H2. The van der Waals surface area contributed by atoms with Crippen LogP contribution in [0, 0.1) is 11.3 Å². The number of carbonyl (C=O) groups excluding carboxylic acids is 1. The van der Waals surface area contributed by atoms with Crippen LogP contribution in [0.5, 0.6) is 0 Å². The van der Waals surface area contributed by atoms with E-state index in [0.717, 1.165) is 19.1 Å². The fourth-order valence-corrected chi connectivity index (χ4v) is 0.548.